The molecule has 1 saturated carbocycles. The van der Waals surface area contributed by atoms with Crippen molar-refractivity contribution in [3.63, 3.8) is 0 Å². The zero-order valence-corrected chi connectivity index (χ0v) is 6.12. The molecule has 0 heterocycles. The Labute approximate surface area is 64.4 Å². The fraction of sp³-hybridized carbons (Fsp3) is 0.714. The zero-order valence-electron chi connectivity index (χ0n) is 6.12. The lowest BCUT2D eigenvalue weighted by Gasteiger charge is -2.14. The van der Waals surface area contributed by atoms with Crippen molar-refractivity contribution in [2.24, 2.45) is 17.1 Å². The number of carboxylic acids is 1. The quantitative estimate of drug-likeness (QED) is 0.545. The van der Waals surface area contributed by atoms with Gasteiger partial charge >= 0.3 is 5.97 Å². The molecular formula is C7H11NO3. The maximum absolute atomic E-state index is 10.5. The minimum Gasteiger partial charge on any atom is -0.481 e. The molecule has 1 rings (SSSR count). The van der Waals surface area contributed by atoms with E-state index in [0.717, 1.165) is 6.29 Å². The van der Waals surface area contributed by atoms with E-state index in [1.54, 1.807) is 0 Å². The molecule has 0 amide bonds. The molecule has 1 aliphatic carbocycles. The monoisotopic (exact) mass is 157 g/mol. The standard InChI is InChI=1S/C7H11NO3/c8-3-5(6(10)11)7(4-9)1-2-7/h4-5H,1-3,8H2,(H,10,11). The lowest BCUT2D eigenvalue weighted by molar-refractivity contribution is -0.145. The van der Waals surface area contributed by atoms with Gasteiger partial charge in [0.15, 0.2) is 0 Å². The molecule has 0 bridgehead atoms. The highest BCUT2D eigenvalue weighted by Crippen LogP contribution is 2.49. The predicted molar refractivity (Wildman–Crippen MR) is 37.9 cm³/mol. The highest BCUT2D eigenvalue weighted by atomic mass is 16.4. The van der Waals surface area contributed by atoms with Crippen LogP contribution in [0.25, 0.3) is 0 Å². The molecule has 4 nitrogen and oxygen atoms in total. The van der Waals surface area contributed by atoms with E-state index in [4.69, 9.17) is 10.8 Å². The number of aliphatic carboxylic acids is 1. The molecule has 3 N–H and O–H groups in total. The molecular weight excluding hydrogens is 146 g/mol. The van der Waals surface area contributed by atoms with Crippen molar-refractivity contribution < 1.29 is 14.7 Å². The van der Waals surface area contributed by atoms with Crippen molar-refractivity contribution in [3.8, 4) is 0 Å². The smallest absolute Gasteiger partial charge is 0.308 e. The molecule has 1 aliphatic rings. The van der Waals surface area contributed by atoms with Crippen molar-refractivity contribution in [2.75, 3.05) is 6.54 Å². The van der Waals surface area contributed by atoms with Crippen LogP contribution in [-0.2, 0) is 9.59 Å². The van der Waals surface area contributed by atoms with Gasteiger partial charge in [0.25, 0.3) is 0 Å². The summed E-state index contributed by atoms with van der Waals surface area (Å²) < 4.78 is 0. The Balaban J connectivity index is 2.69. The van der Waals surface area contributed by atoms with Gasteiger partial charge in [0.2, 0.25) is 0 Å². The Kier molecular flexibility index (Phi) is 1.95. The van der Waals surface area contributed by atoms with E-state index in [-0.39, 0.29) is 6.54 Å². The summed E-state index contributed by atoms with van der Waals surface area (Å²) in [6.07, 6.45) is 2.08. The molecule has 0 spiro atoms. The Morgan fingerprint density at radius 2 is 2.27 bits per heavy atom. The largest absolute Gasteiger partial charge is 0.481 e. The Morgan fingerprint density at radius 1 is 1.73 bits per heavy atom. The second-order valence-electron chi connectivity index (χ2n) is 2.98. The van der Waals surface area contributed by atoms with Gasteiger partial charge in [-0.2, -0.15) is 0 Å². The fourth-order valence-electron chi connectivity index (χ4n) is 1.27. The van der Waals surface area contributed by atoms with Crippen LogP contribution in [0.5, 0.6) is 0 Å². The molecule has 0 radical (unpaired) electrons. The topological polar surface area (TPSA) is 80.4 Å². The average molecular weight is 157 g/mol. The van der Waals surface area contributed by atoms with Gasteiger partial charge in [-0.15, -0.1) is 0 Å². The number of nitrogens with two attached hydrogens (primary N) is 1. The summed E-state index contributed by atoms with van der Waals surface area (Å²) in [5.74, 6) is -1.64. The molecule has 11 heavy (non-hydrogen) atoms. The van der Waals surface area contributed by atoms with Crippen LogP contribution in [0.3, 0.4) is 0 Å². The van der Waals surface area contributed by atoms with Crippen LogP contribution in [0.4, 0.5) is 0 Å². The first kappa shape index (κ1) is 8.20. The van der Waals surface area contributed by atoms with Crippen LogP contribution < -0.4 is 5.73 Å². The third-order valence-electron chi connectivity index (χ3n) is 2.29. The first-order chi connectivity index (χ1) is 5.16. The van der Waals surface area contributed by atoms with Crippen molar-refractivity contribution in [1.29, 1.82) is 0 Å². The SMILES string of the molecule is NCC(C(=O)O)C1(C=O)CC1. The van der Waals surface area contributed by atoms with Gasteiger partial charge in [0.1, 0.15) is 6.29 Å². The highest BCUT2D eigenvalue weighted by molar-refractivity contribution is 5.79. The maximum atomic E-state index is 10.5. The second-order valence-corrected chi connectivity index (χ2v) is 2.98. The van der Waals surface area contributed by atoms with Gasteiger partial charge < -0.3 is 15.6 Å². The van der Waals surface area contributed by atoms with Gasteiger partial charge in [-0.25, -0.2) is 0 Å². The van der Waals surface area contributed by atoms with Crippen LogP contribution in [0.1, 0.15) is 12.8 Å². The molecule has 1 atom stereocenters. The first-order valence-electron chi connectivity index (χ1n) is 3.55. The molecule has 0 aliphatic heterocycles. The van der Waals surface area contributed by atoms with E-state index in [9.17, 15) is 9.59 Å². The van der Waals surface area contributed by atoms with E-state index >= 15 is 0 Å². The highest BCUT2D eigenvalue weighted by Gasteiger charge is 2.52. The number of aldehydes is 1. The van der Waals surface area contributed by atoms with Gasteiger partial charge in [-0.05, 0) is 12.8 Å². The summed E-state index contributed by atoms with van der Waals surface area (Å²) in [7, 11) is 0. The van der Waals surface area contributed by atoms with Crippen LogP contribution >= 0.6 is 0 Å². The summed E-state index contributed by atoms with van der Waals surface area (Å²) in [5, 5.41) is 8.64. The Hall–Kier alpha value is -0.900. The number of carboxylic acid groups (broad SMARTS) is 1. The molecule has 0 aromatic carbocycles. The van der Waals surface area contributed by atoms with Gasteiger partial charge in [-0.3, -0.25) is 4.79 Å². The first-order valence-corrected chi connectivity index (χ1v) is 3.55. The molecule has 0 saturated heterocycles. The predicted octanol–water partition coefficient (Wildman–Crippen LogP) is -0.375. The number of hydrogen-bond acceptors (Lipinski definition) is 3. The lowest BCUT2D eigenvalue weighted by atomic mass is 9.91. The number of rotatable bonds is 4. The zero-order chi connectivity index (χ0) is 8.48. The lowest BCUT2D eigenvalue weighted by Crippen LogP contribution is -2.32. The van der Waals surface area contributed by atoms with Gasteiger partial charge in [-0.1, -0.05) is 0 Å². The summed E-state index contributed by atoms with van der Waals surface area (Å²) in [6.45, 7) is 0.0497. The Bertz CT molecular complexity index is 186. The summed E-state index contributed by atoms with van der Waals surface area (Å²) in [6, 6.07) is 0. The minimum absolute atomic E-state index is 0.0497. The maximum Gasteiger partial charge on any atom is 0.308 e. The summed E-state index contributed by atoms with van der Waals surface area (Å²) >= 11 is 0. The number of carbonyl (C=O) groups is 2. The number of carbonyl (C=O) groups excluding carboxylic acids is 1. The van der Waals surface area contributed by atoms with E-state index in [2.05, 4.69) is 0 Å². The fourth-order valence-corrected chi connectivity index (χ4v) is 1.27. The van der Waals surface area contributed by atoms with Crippen LogP contribution in [0.15, 0.2) is 0 Å². The van der Waals surface area contributed by atoms with E-state index in [1.807, 2.05) is 0 Å². The molecule has 1 fully saturated rings. The molecule has 0 aromatic rings. The van der Waals surface area contributed by atoms with Crippen molar-refractivity contribution >= 4 is 12.3 Å². The minimum atomic E-state index is -0.961. The molecule has 0 aromatic heterocycles. The summed E-state index contributed by atoms with van der Waals surface area (Å²) in [5.41, 5.74) is 4.61. The van der Waals surface area contributed by atoms with Crippen molar-refractivity contribution in [3.05, 3.63) is 0 Å². The van der Waals surface area contributed by atoms with Crippen LogP contribution in [-0.4, -0.2) is 23.9 Å². The molecule has 62 valence electrons. The van der Waals surface area contributed by atoms with E-state index in [0.29, 0.717) is 12.8 Å². The van der Waals surface area contributed by atoms with Gasteiger partial charge in [0, 0.05) is 12.0 Å². The molecule has 1 unspecified atom stereocenters. The average Bonchev–Trinajstić information content (AvgIpc) is 2.70. The normalized spacial score (nSPS) is 22.3. The molecule has 4 heteroatoms. The third kappa shape index (κ3) is 1.26. The summed E-state index contributed by atoms with van der Waals surface area (Å²) in [4.78, 5) is 21.0. The van der Waals surface area contributed by atoms with E-state index in [1.165, 1.54) is 0 Å². The van der Waals surface area contributed by atoms with Crippen LogP contribution in [0, 0.1) is 11.3 Å². The Morgan fingerprint density at radius 3 is 2.36 bits per heavy atom. The van der Waals surface area contributed by atoms with Gasteiger partial charge in [0.05, 0.1) is 5.92 Å². The van der Waals surface area contributed by atoms with Crippen molar-refractivity contribution in [1.82, 2.24) is 0 Å². The van der Waals surface area contributed by atoms with Crippen LogP contribution in [0.2, 0.25) is 0 Å². The van der Waals surface area contributed by atoms with E-state index < -0.39 is 17.3 Å². The third-order valence-corrected chi connectivity index (χ3v) is 2.29. The van der Waals surface area contributed by atoms with Crippen molar-refractivity contribution in [2.45, 2.75) is 12.8 Å². The second kappa shape index (κ2) is 2.62. The number of hydrogen-bond donors (Lipinski definition) is 2.